The number of methoxy groups -OCH3 is 1. The molecule has 1 aromatic heterocycles. The van der Waals surface area contributed by atoms with Gasteiger partial charge in [-0.3, -0.25) is 0 Å². The smallest absolute Gasteiger partial charge is 0.125 e. The molecule has 96 valence electrons. The molecule has 1 heterocycles. The molecule has 18 heavy (non-hydrogen) atoms. The minimum atomic E-state index is -0.723. The Balaban J connectivity index is 2.41. The summed E-state index contributed by atoms with van der Waals surface area (Å²) in [6.07, 6.45) is 1.84. The number of aromatic nitrogens is 2. The van der Waals surface area contributed by atoms with Crippen LogP contribution in [0.1, 0.15) is 30.1 Å². The summed E-state index contributed by atoms with van der Waals surface area (Å²) in [4.78, 5) is 4.30. The third kappa shape index (κ3) is 2.11. The Morgan fingerprint density at radius 2 is 2.11 bits per heavy atom. The average Bonchev–Trinajstić information content (AvgIpc) is 2.79. The zero-order chi connectivity index (χ0) is 13.1. The molecule has 0 unspecified atom stereocenters. The third-order valence-electron chi connectivity index (χ3n) is 3.15. The summed E-state index contributed by atoms with van der Waals surface area (Å²) < 4.78 is 7.20. The van der Waals surface area contributed by atoms with E-state index in [2.05, 4.69) is 4.98 Å². The summed E-state index contributed by atoms with van der Waals surface area (Å²) >= 11 is 0. The molecule has 0 saturated heterocycles. The topological polar surface area (TPSA) is 47.3 Å². The predicted molar refractivity (Wildman–Crippen MR) is 69.6 cm³/mol. The second-order valence-electron chi connectivity index (χ2n) is 4.16. The zero-order valence-corrected chi connectivity index (χ0v) is 10.9. The van der Waals surface area contributed by atoms with Gasteiger partial charge in [0.05, 0.1) is 19.0 Å². The normalized spacial score (nSPS) is 12.4. The van der Waals surface area contributed by atoms with E-state index in [-0.39, 0.29) is 0 Å². The molecule has 1 atom stereocenters. The zero-order valence-electron chi connectivity index (χ0n) is 10.9. The van der Waals surface area contributed by atoms with Crippen LogP contribution in [-0.4, -0.2) is 21.8 Å². The highest BCUT2D eigenvalue weighted by Gasteiger charge is 2.19. The first-order valence-corrected chi connectivity index (χ1v) is 6.00. The van der Waals surface area contributed by atoms with Gasteiger partial charge in [0.1, 0.15) is 17.7 Å². The number of aliphatic hydroxyl groups is 1. The third-order valence-corrected chi connectivity index (χ3v) is 3.15. The number of aliphatic hydroxyl groups excluding tert-OH is 1. The van der Waals surface area contributed by atoms with Gasteiger partial charge in [0, 0.05) is 19.0 Å². The predicted octanol–water partition coefficient (Wildman–Crippen LogP) is 2.07. The number of hydrogen-bond donors (Lipinski definition) is 1. The Hall–Kier alpha value is -1.81. The van der Waals surface area contributed by atoms with Gasteiger partial charge in [-0.25, -0.2) is 4.98 Å². The molecule has 0 saturated carbocycles. The Labute approximate surface area is 107 Å². The highest BCUT2D eigenvalue weighted by Crippen LogP contribution is 2.29. The van der Waals surface area contributed by atoms with Gasteiger partial charge in [0.25, 0.3) is 0 Å². The number of hydrogen-bond acceptors (Lipinski definition) is 3. The van der Waals surface area contributed by atoms with E-state index in [0.29, 0.717) is 5.75 Å². The van der Waals surface area contributed by atoms with E-state index in [1.165, 1.54) is 0 Å². The lowest BCUT2D eigenvalue weighted by molar-refractivity contribution is 0.206. The lowest BCUT2D eigenvalue weighted by Crippen LogP contribution is -2.08. The first-order valence-electron chi connectivity index (χ1n) is 6.00. The van der Waals surface area contributed by atoms with Crippen molar-refractivity contribution in [2.75, 3.05) is 7.11 Å². The van der Waals surface area contributed by atoms with E-state index in [0.717, 1.165) is 23.5 Å². The summed E-state index contributed by atoms with van der Waals surface area (Å²) in [6, 6.07) is 7.48. The molecule has 0 bridgehead atoms. The highest BCUT2D eigenvalue weighted by molar-refractivity contribution is 5.38. The van der Waals surface area contributed by atoms with Crippen LogP contribution < -0.4 is 4.74 Å². The molecule has 0 aliphatic heterocycles. The van der Waals surface area contributed by atoms with Crippen molar-refractivity contribution in [2.24, 2.45) is 7.05 Å². The number of benzene rings is 1. The number of aryl methyl sites for hydroxylation is 1. The van der Waals surface area contributed by atoms with Crippen molar-refractivity contribution in [3.8, 4) is 5.75 Å². The SMILES string of the molecule is CCc1ncc([C@@H](O)c2ccccc2OC)n1C. The maximum atomic E-state index is 10.5. The van der Waals surface area contributed by atoms with Gasteiger partial charge in [0.2, 0.25) is 0 Å². The molecule has 2 aromatic rings. The lowest BCUT2D eigenvalue weighted by atomic mass is 10.1. The molecule has 4 heteroatoms. The van der Waals surface area contributed by atoms with E-state index in [9.17, 15) is 5.11 Å². The van der Waals surface area contributed by atoms with Crippen LogP contribution in [0.5, 0.6) is 5.75 Å². The molecular weight excluding hydrogens is 228 g/mol. The Morgan fingerprint density at radius 3 is 2.72 bits per heavy atom. The van der Waals surface area contributed by atoms with Crippen molar-refractivity contribution >= 4 is 0 Å². The maximum Gasteiger partial charge on any atom is 0.125 e. The van der Waals surface area contributed by atoms with Crippen molar-refractivity contribution in [3.05, 3.63) is 47.5 Å². The fourth-order valence-electron chi connectivity index (χ4n) is 2.10. The van der Waals surface area contributed by atoms with Crippen molar-refractivity contribution < 1.29 is 9.84 Å². The van der Waals surface area contributed by atoms with Crippen molar-refractivity contribution in [1.82, 2.24) is 9.55 Å². The van der Waals surface area contributed by atoms with Crippen LogP contribution >= 0.6 is 0 Å². The highest BCUT2D eigenvalue weighted by atomic mass is 16.5. The van der Waals surface area contributed by atoms with Gasteiger partial charge < -0.3 is 14.4 Å². The molecule has 0 aliphatic rings. The molecular formula is C14H18N2O2. The van der Waals surface area contributed by atoms with Gasteiger partial charge >= 0.3 is 0 Å². The number of ether oxygens (including phenoxy) is 1. The van der Waals surface area contributed by atoms with Crippen LogP contribution in [0.2, 0.25) is 0 Å². The quantitative estimate of drug-likeness (QED) is 0.898. The molecule has 2 rings (SSSR count). The van der Waals surface area contributed by atoms with Crippen molar-refractivity contribution in [3.63, 3.8) is 0 Å². The van der Waals surface area contributed by atoms with Gasteiger partial charge in [-0.2, -0.15) is 0 Å². The van der Waals surface area contributed by atoms with Gasteiger partial charge in [-0.05, 0) is 6.07 Å². The average molecular weight is 246 g/mol. The number of nitrogens with zero attached hydrogens (tertiary/aromatic N) is 2. The van der Waals surface area contributed by atoms with E-state index in [1.54, 1.807) is 13.3 Å². The van der Waals surface area contributed by atoms with Crippen LogP contribution in [0.3, 0.4) is 0 Å². The molecule has 1 N–H and O–H groups in total. The maximum absolute atomic E-state index is 10.5. The Morgan fingerprint density at radius 1 is 1.39 bits per heavy atom. The number of para-hydroxylation sites is 1. The molecule has 0 fully saturated rings. The first kappa shape index (κ1) is 12.6. The van der Waals surface area contributed by atoms with Crippen molar-refractivity contribution in [1.29, 1.82) is 0 Å². The van der Waals surface area contributed by atoms with Crippen molar-refractivity contribution in [2.45, 2.75) is 19.4 Å². The summed E-state index contributed by atoms with van der Waals surface area (Å²) in [5.41, 5.74) is 1.53. The molecule has 0 radical (unpaired) electrons. The van der Waals surface area contributed by atoms with Crippen LogP contribution in [0.15, 0.2) is 30.5 Å². The van der Waals surface area contributed by atoms with Gasteiger partial charge in [-0.15, -0.1) is 0 Å². The largest absolute Gasteiger partial charge is 0.496 e. The molecule has 0 amide bonds. The lowest BCUT2D eigenvalue weighted by Gasteiger charge is -2.15. The summed E-state index contributed by atoms with van der Waals surface area (Å²) in [5, 5.41) is 10.5. The minimum absolute atomic E-state index is 0.684. The molecule has 0 aliphatic carbocycles. The van der Waals surface area contributed by atoms with E-state index in [1.807, 2.05) is 42.8 Å². The standard InChI is InChI=1S/C14H18N2O2/c1-4-13-15-9-11(16(13)2)14(17)10-7-5-6-8-12(10)18-3/h5-9,14,17H,4H2,1-3H3/t14-/m0/s1. The van der Waals surface area contributed by atoms with Crippen LogP contribution in [0.4, 0.5) is 0 Å². The van der Waals surface area contributed by atoms with E-state index < -0.39 is 6.10 Å². The van der Waals surface area contributed by atoms with Gasteiger partial charge in [-0.1, -0.05) is 25.1 Å². The van der Waals surface area contributed by atoms with Crippen LogP contribution in [-0.2, 0) is 13.5 Å². The second-order valence-corrected chi connectivity index (χ2v) is 4.16. The number of imidazole rings is 1. The molecule has 1 aromatic carbocycles. The summed E-state index contributed by atoms with van der Waals surface area (Å²) in [6.45, 7) is 2.04. The molecule has 0 spiro atoms. The minimum Gasteiger partial charge on any atom is -0.496 e. The fraction of sp³-hybridized carbons (Fsp3) is 0.357. The Kier molecular flexibility index (Phi) is 3.67. The van der Waals surface area contributed by atoms with E-state index >= 15 is 0 Å². The summed E-state index contributed by atoms with van der Waals surface area (Å²) in [5.74, 6) is 1.64. The van der Waals surface area contributed by atoms with Gasteiger partial charge in [0.15, 0.2) is 0 Å². The number of rotatable bonds is 4. The van der Waals surface area contributed by atoms with E-state index in [4.69, 9.17) is 4.74 Å². The summed E-state index contributed by atoms with van der Waals surface area (Å²) in [7, 11) is 3.52. The first-order chi connectivity index (χ1) is 8.69. The molecule has 4 nitrogen and oxygen atoms in total. The van der Waals surface area contributed by atoms with Crippen LogP contribution in [0, 0.1) is 0 Å². The fourth-order valence-corrected chi connectivity index (χ4v) is 2.10. The second kappa shape index (κ2) is 5.23. The Bertz CT molecular complexity index is 534. The monoisotopic (exact) mass is 246 g/mol. The van der Waals surface area contributed by atoms with Crippen LogP contribution in [0.25, 0.3) is 0 Å².